The van der Waals surface area contributed by atoms with E-state index in [1.807, 2.05) is 30.3 Å². The van der Waals surface area contributed by atoms with Gasteiger partial charge in [0.1, 0.15) is 0 Å². The SMILES string of the molecule is CN(Cc1ccc(Cl)s1)C(=O)CCCn1c(=O)oc2ccccc21. The number of hydrogen-bond acceptors (Lipinski definition) is 4. The molecule has 0 unspecified atom stereocenters. The number of fused-ring (bicyclic) bond motifs is 1. The maximum absolute atomic E-state index is 12.2. The molecular formula is C17H17ClN2O3S. The van der Waals surface area contributed by atoms with Crippen LogP contribution in [0.2, 0.25) is 4.34 Å². The highest BCUT2D eigenvalue weighted by Crippen LogP contribution is 2.22. The van der Waals surface area contributed by atoms with E-state index < -0.39 is 0 Å². The van der Waals surface area contributed by atoms with Crippen LogP contribution in [0.25, 0.3) is 11.1 Å². The van der Waals surface area contributed by atoms with Crippen molar-refractivity contribution in [1.82, 2.24) is 9.47 Å². The molecule has 0 saturated heterocycles. The Labute approximate surface area is 148 Å². The van der Waals surface area contributed by atoms with Gasteiger partial charge in [-0.1, -0.05) is 23.7 Å². The summed E-state index contributed by atoms with van der Waals surface area (Å²) in [5, 5.41) is 0. The van der Waals surface area contributed by atoms with Crippen molar-refractivity contribution >= 4 is 39.9 Å². The van der Waals surface area contributed by atoms with Gasteiger partial charge >= 0.3 is 5.76 Å². The van der Waals surface area contributed by atoms with Crippen LogP contribution >= 0.6 is 22.9 Å². The number of oxazole rings is 1. The Balaban J connectivity index is 1.56. The fourth-order valence-corrected chi connectivity index (χ4v) is 3.70. The highest BCUT2D eigenvalue weighted by molar-refractivity contribution is 7.16. The number of nitrogens with zero attached hydrogens (tertiary/aromatic N) is 2. The standard InChI is InChI=1S/C17H17ClN2O3S/c1-19(11-12-8-9-15(18)24-12)16(21)7-4-10-20-13-5-2-3-6-14(13)23-17(20)22/h2-3,5-6,8-9H,4,7,10-11H2,1H3. The van der Waals surface area contributed by atoms with E-state index in [2.05, 4.69) is 0 Å². The number of hydrogen-bond donors (Lipinski definition) is 0. The lowest BCUT2D eigenvalue weighted by Gasteiger charge is -2.16. The molecule has 3 aromatic rings. The maximum Gasteiger partial charge on any atom is 0.419 e. The summed E-state index contributed by atoms with van der Waals surface area (Å²) in [5.74, 6) is -0.342. The number of benzene rings is 1. The molecule has 0 N–H and O–H groups in total. The second-order valence-electron chi connectivity index (χ2n) is 5.55. The van der Waals surface area contributed by atoms with Crippen LogP contribution in [0, 0.1) is 0 Å². The molecule has 2 aromatic heterocycles. The molecule has 0 bridgehead atoms. The number of carbonyl (C=O) groups is 1. The molecule has 2 heterocycles. The third-order valence-corrected chi connectivity index (χ3v) is 5.01. The topological polar surface area (TPSA) is 55.5 Å². The molecule has 3 rings (SSSR count). The lowest BCUT2D eigenvalue weighted by atomic mass is 10.2. The largest absolute Gasteiger partial charge is 0.419 e. The second kappa shape index (κ2) is 7.23. The molecule has 24 heavy (non-hydrogen) atoms. The van der Waals surface area contributed by atoms with Crippen LogP contribution in [0.3, 0.4) is 0 Å². The Morgan fingerprint density at radius 2 is 2.08 bits per heavy atom. The van der Waals surface area contributed by atoms with Crippen molar-refractivity contribution in [3.63, 3.8) is 0 Å². The minimum Gasteiger partial charge on any atom is -0.408 e. The van der Waals surface area contributed by atoms with E-state index in [0.29, 0.717) is 31.5 Å². The monoisotopic (exact) mass is 364 g/mol. The number of amides is 1. The molecule has 0 aliphatic heterocycles. The quantitative estimate of drug-likeness (QED) is 0.669. The predicted octanol–water partition coefficient (Wildman–Crippen LogP) is 3.75. The van der Waals surface area contributed by atoms with Gasteiger partial charge in [0.2, 0.25) is 5.91 Å². The number of carbonyl (C=O) groups excluding carboxylic acids is 1. The van der Waals surface area contributed by atoms with E-state index in [4.69, 9.17) is 16.0 Å². The van der Waals surface area contributed by atoms with Crippen LogP contribution in [0.1, 0.15) is 17.7 Å². The number of rotatable bonds is 6. The van der Waals surface area contributed by atoms with Crippen molar-refractivity contribution in [2.45, 2.75) is 25.9 Å². The Morgan fingerprint density at radius 1 is 1.29 bits per heavy atom. The van der Waals surface area contributed by atoms with Gasteiger partial charge in [-0.2, -0.15) is 0 Å². The minimum absolute atomic E-state index is 0.0420. The predicted molar refractivity (Wildman–Crippen MR) is 95.5 cm³/mol. The van der Waals surface area contributed by atoms with Gasteiger partial charge < -0.3 is 9.32 Å². The summed E-state index contributed by atoms with van der Waals surface area (Å²) in [7, 11) is 1.77. The van der Waals surface area contributed by atoms with E-state index in [1.54, 1.807) is 22.6 Å². The Kier molecular flexibility index (Phi) is 5.06. The van der Waals surface area contributed by atoms with Crippen LogP contribution < -0.4 is 5.76 Å². The molecule has 1 aromatic carbocycles. The zero-order valence-corrected chi connectivity index (χ0v) is 14.8. The first-order valence-corrected chi connectivity index (χ1v) is 8.80. The van der Waals surface area contributed by atoms with Crippen LogP contribution in [0.15, 0.2) is 45.6 Å². The first-order chi connectivity index (χ1) is 11.5. The zero-order valence-electron chi connectivity index (χ0n) is 13.2. The molecular weight excluding hydrogens is 348 g/mol. The van der Waals surface area contributed by atoms with Gasteiger partial charge in [0.25, 0.3) is 0 Å². The number of aromatic nitrogens is 1. The van der Waals surface area contributed by atoms with E-state index in [1.165, 1.54) is 11.3 Å². The van der Waals surface area contributed by atoms with Crippen molar-refractivity contribution in [3.8, 4) is 0 Å². The first-order valence-electron chi connectivity index (χ1n) is 7.61. The van der Waals surface area contributed by atoms with Gasteiger partial charge in [-0.15, -0.1) is 11.3 Å². The average Bonchev–Trinajstić information content (AvgIpc) is 3.10. The van der Waals surface area contributed by atoms with Crippen LogP contribution in [-0.4, -0.2) is 22.4 Å². The van der Waals surface area contributed by atoms with Gasteiger partial charge in [0.05, 0.1) is 16.4 Å². The molecule has 0 aliphatic carbocycles. The molecule has 0 saturated carbocycles. The lowest BCUT2D eigenvalue weighted by Crippen LogP contribution is -2.26. The van der Waals surface area contributed by atoms with Gasteiger partial charge in [0.15, 0.2) is 5.58 Å². The summed E-state index contributed by atoms with van der Waals surface area (Å²) in [6.45, 7) is 1.01. The average molecular weight is 365 g/mol. The minimum atomic E-state index is -0.384. The first kappa shape index (κ1) is 16.8. The molecule has 0 aliphatic rings. The van der Waals surface area contributed by atoms with Crippen molar-refractivity contribution in [2.24, 2.45) is 0 Å². The summed E-state index contributed by atoms with van der Waals surface area (Å²) in [6, 6.07) is 11.0. The molecule has 1 amide bonds. The van der Waals surface area contributed by atoms with E-state index in [9.17, 15) is 9.59 Å². The van der Waals surface area contributed by atoms with E-state index in [-0.39, 0.29) is 11.7 Å². The van der Waals surface area contributed by atoms with Gasteiger partial charge in [-0.05, 0) is 30.7 Å². The molecule has 0 radical (unpaired) electrons. The lowest BCUT2D eigenvalue weighted by molar-refractivity contribution is -0.130. The molecule has 0 spiro atoms. The van der Waals surface area contributed by atoms with Gasteiger partial charge in [0, 0.05) is 24.9 Å². The summed E-state index contributed by atoms with van der Waals surface area (Å²) >= 11 is 7.37. The summed E-state index contributed by atoms with van der Waals surface area (Å²) in [6.07, 6.45) is 0.958. The molecule has 0 atom stereocenters. The zero-order chi connectivity index (χ0) is 17.1. The summed E-state index contributed by atoms with van der Waals surface area (Å²) < 4.78 is 7.48. The number of para-hydroxylation sites is 2. The fourth-order valence-electron chi connectivity index (χ4n) is 2.56. The van der Waals surface area contributed by atoms with Crippen molar-refractivity contribution in [1.29, 1.82) is 0 Å². The Hall–Kier alpha value is -2.05. The fraction of sp³-hybridized carbons (Fsp3) is 0.294. The molecule has 0 fully saturated rings. The number of aryl methyl sites for hydroxylation is 1. The molecule has 126 valence electrons. The summed E-state index contributed by atoms with van der Waals surface area (Å²) in [4.78, 5) is 26.8. The Morgan fingerprint density at radius 3 is 2.83 bits per heavy atom. The van der Waals surface area contributed by atoms with Crippen LogP contribution in [-0.2, 0) is 17.9 Å². The molecule has 7 heteroatoms. The third-order valence-electron chi connectivity index (χ3n) is 3.79. The number of halogens is 1. The Bertz CT molecular complexity index is 912. The number of thiophene rings is 1. The van der Waals surface area contributed by atoms with Crippen molar-refractivity contribution in [3.05, 3.63) is 56.2 Å². The smallest absolute Gasteiger partial charge is 0.408 e. The highest BCUT2D eigenvalue weighted by Gasteiger charge is 2.12. The van der Waals surface area contributed by atoms with Gasteiger partial charge in [-0.25, -0.2) is 4.79 Å². The van der Waals surface area contributed by atoms with E-state index >= 15 is 0 Å². The van der Waals surface area contributed by atoms with Crippen LogP contribution in [0.4, 0.5) is 0 Å². The summed E-state index contributed by atoms with van der Waals surface area (Å²) in [5.41, 5.74) is 1.33. The second-order valence-corrected chi connectivity index (χ2v) is 7.35. The maximum atomic E-state index is 12.2. The van der Waals surface area contributed by atoms with Gasteiger partial charge in [-0.3, -0.25) is 9.36 Å². The van der Waals surface area contributed by atoms with Crippen molar-refractivity contribution < 1.29 is 9.21 Å². The molecule has 5 nitrogen and oxygen atoms in total. The highest BCUT2D eigenvalue weighted by atomic mass is 35.5. The van der Waals surface area contributed by atoms with E-state index in [0.717, 1.165) is 14.7 Å². The third kappa shape index (κ3) is 3.71. The van der Waals surface area contributed by atoms with Crippen molar-refractivity contribution in [2.75, 3.05) is 7.05 Å². The normalized spacial score (nSPS) is 11.1. The van der Waals surface area contributed by atoms with Crippen LogP contribution in [0.5, 0.6) is 0 Å².